The first-order chi connectivity index (χ1) is 13.6. The van der Waals surface area contributed by atoms with Crippen LogP contribution in [0.1, 0.15) is 61.8 Å². The average Bonchev–Trinajstić information content (AvgIpc) is 3.06. The third-order valence-corrected chi connectivity index (χ3v) is 13.4. The molecule has 0 saturated carbocycles. The molecule has 2 aliphatic rings. The van der Waals surface area contributed by atoms with E-state index < -0.39 is 20.2 Å². The third-order valence-electron chi connectivity index (χ3n) is 7.28. The van der Waals surface area contributed by atoms with E-state index >= 15 is 0 Å². The predicted octanol–water partition coefficient (Wildman–Crippen LogP) is 4.52. The second-order valence-corrected chi connectivity index (χ2v) is 15.2. The van der Waals surface area contributed by atoms with Gasteiger partial charge >= 0.3 is 0 Å². The number of ether oxygens (including phenoxy) is 4. The molecule has 0 N–H and O–H groups in total. The lowest BCUT2D eigenvalue weighted by atomic mass is 9.78. The normalized spacial score (nSPS) is 35.9. The van der Waals surface area contributed by atoms with Gasteiger partial charge in [-0.2, -0.15) is 0 Å². The minimum absolute atomic E-state index is 0.00716. The van der Waals surface area contributed by atoms with Gasteiger partial charge < -0.3 is 28.2 Å². The maximum atomic E-state index is 11.8. The van der Waals surface area contributed by atoms with Crippen LogP contribution in [0.3, 0.4) is 0 Å². The zero-order valence-electron chi connectivity index (χ0n) is 19.8. The van der Waals surface area contributed by atoms with E-state index in [1.165, 1.54) is 0 Å². The molecule has 2 rings (SSSR count). The smallest absolute Gasteiger partial charge is 0.200 e. The van der Waals surface area contributed by atoms with Gasteiger partial charge in [0.05, 0.1) is 18.8 Å². The summed E-state index contributed by atoms with van der Waals surface area (Å²) in [7, 11) is -0.440. The molecule has 0 amide bonds. The van der Waals surface area contributed by atoms with Gasteiger partial charge in [0.1, 0.15) is 12.9 Å². The fourth-order valence-corrected chi connectivity index (χ4v) is 11.3. The summed E-state index contributed by atoms with van der Waals surface area (Å²) in [6, 6.07) is 0. The highest BCUT2D eigenvalue weighted by atomic mass is 28.4. The second-order valence-electron chi connectivity index (χ2n) is 9.79. The Balaban J connectivity index is 2.20. The van der Waals surface area contributed by atoms with Gasteiger partial charge in [-0.25, -0.2) is 0 Å². The Kier molecular flexibility index (Phi) is 8.50. The first-order valence-corrected chi connectivity index (χ1v) is 13.2. The Morgan fingerprint density at radius 1 is 1.10 bits per heavy atom. The lowest BCUT2D eigenvalue weighted by molar-refractivity contribution is -0.319. The molecule has 0 aliphatic carbocycles. The van der Waals surface area contributed by atoms with E-state index in [4.69, 9.17) is 23.4 Å². The lowest BCUT2D eigenvalue weighted by Crippen LogP contribution is -2.58. The molecule has 2 aliphatic heterocycles. The van der Waals surface area contributed by atoms with Gasteiger partial charge in [0.25, 0.3) is 0 Å². The van der Waals surface area contributed by atoms with Gasteiger partial charge in [-0.3, -0.25) is 0 Å². The van der Waals surface area contributed by atoms with E-state index in [0.717, 1.165) is 6.29 Å². The van der Waals surface area contributed by atoms with Crippen LogP contribution >= 0.6 is 0 Å². The molecular weight excluding hydrogens is 388 g/mol. The van der Waals surface area contributed by atoms with Crippen molar-refractivity contribution in [2.75, 3.05) is 20.5 Å². The third kappa shape index (κ3) is 4.65. The highest BCUT2D eigenvalue weighted by molar-refractivity contribution is 6.77. The lowest BCUT2D eigenvalue weighted by Gasteiger charge is -2.48. The first-order valence-electron chi connectivity index (χ1n) is 11.1. The zero-order chi connectivity index (χ0) is 22.0. The number of aldehydes is 1. The largest absolute Gasteiger partial charge is 0.411 e. The summed E-state index contributed by atoms with van der Waals surface area (Å²) in [6.07, 6.45) is 0.467. The standard InChI is InChI=1S/C22H42O6Si/c1-14(2)29(15(3)4,16(5)6)28-19-10-22(26-12-19)18(8)17(7)21(25-13-24-9)20(11-23)27-22/h11,14-21H,10,12-13H2,1-9H3/t17-,18-,19-,20-,21+,22+/m0/s1. The van der Waals surface area contributed by atoms with Gasteiger partial charge in [0.15, 0.2) is 12.1 Å². The van der Waals surface area contributed by atoms with Crippen molar-refractivity contribution in [1.82, 2.24) is 0 Å². The number of carbonyl (C=O) groups is 1. The van der Waals surface area contributed by atoms with Gasteiger partial charge in [-0.15, -0.1) is 0 Å². The summed E-state index contributed by atoms with van der Waals surface area (Å²) in [6.45, 7) is 18.6. The fraction of sp³-hybridized carbons (Fsp3) is 0.955. The topological polar surface area (TPSA) is 63.2 Å². The van der Waals surface area contributed by atoms with Crippen molar-refractivity contribution in [3.05, 3.63) is 0 Å². The molecule has 0 aromatic carbocycles. The molecule has 0 bridgehead atoms. The highest BCUT2D eigenvalue weighted by Crippen LogP contribution is 2.49. The molecule has 2 heterocycles. The Hall–Kier alpha value is -0.313. The van der Waals surface area contributed by atoms with Crippen LogP contribution in [0.15, 0.2) is 0 Å². The van der Waals surface area contributed by atoms with Crippen LogP contribution in [-0.2, 0) is 28.2 Å². The minimum Gasteiger partial charge on any atom is -0.411 e. The molecular formula is C22H42O6Si. The maximum absolute atomic E-state index is 11.8. The molecule has 0 radical (unpaired) electrons. The van der Waals surface area contributed by atoms with E-state index in [0.29, 0.717) is 29.7 Å². The quantitative estimate of drug-likeness (QED) is 0.304. The van der Waals surface area contributed by atoms with Crippen LogP contribution in [0.25, 0.3) is 0 Å². The Morgan fingerprint density at radius 3 is 2.17 bits per heavy atom. The molecule has 7 heteroatoms. The van der Waals surface area contributed by atoms with E-state index in [1.807, 2.05) is 0 Å². The summed E-state index contributed by atoms with van der Waals surface area (Å²) in [5.74, 6) is -0.634. The van der Waals surface area contributed by atoms with Crippen molar-refractivity contribution in [3.8, 4) is 0 Å². The van der Waals surface area contributed by atoms with Gasteiger partial charge in [0, 0.05) is 19.4 Å². The van der Waals surface area contributed by atoms with Gasteiger partial charge in [-0.05, 0) is 22.5 Å². The average molecular weight is 431 g/mol. The molecule has 2 saturated heterocycles. The first kappa shape index (κ1) is 25.0. The molecule has 29 heavy (non-hydrogen) atoms. The highest BCUT2D eigenvalue weighted by Gasteiger charge is 2.58. The Morgan fingerprint density at radius 2 is 1.69 bits per heavy atom. The maximum Gasteiger partial charge on any atom is 0.200 e. The number of rotatable bonds is 9. The van der Waals surface area contributed by atoms with Crippen LogP contribution in [0.5, 0.6) is 0 Å². The molecule has 0 unspecified atom stereocenters. The molecule has 0 aromatic heterocycles. The van der Waals surface area contributed by atoms with E-state index in [9.17, 15) is 4.79 Å². The van der Waals surface area contributed by atoms with Crippen LogP contribution in [-0.4, -0.2) is 59.2 Å². The molecule has 2 fully saturated rings. The summed E-state index contributed by atoms with van der Waals surface area (Å²) < 4.78 is 30.3. The van der Waals surface area contributed by atoms with Crippen LogP contribution < -0.4 is 0 Å². The number of methoxy groups -OCH3 is 1. The number of hydrogen-bond acceptors (Lipinski definition) is 6. The molecule has 6 nitrogen and oxygen atoms in total. The molecule has 1 spiro atoms. The van der Waals surface area contributed by atoms with E-state index in [2.05, 4.69) is 55.4 Å². The minimum atomic E-state index is -2.01. The zero-order valence-corrected chi connectivity index (χ0v) is 20.8. The van der Waals surface area contributed by atoms with Crippen molar-refractivity contribution in [2.45, 2.75) is 103 Å². The molecule has 0 aromatic rings. The number of carbonyl (C=O) groups excluding carboxylic acids is 1. The SMILES string of the molecule is COCO[C@@H]1[C@@H](C)[C@H](C)[C@@]2(C[C@H](O[Si](C(C)C)(C(C)C)C(C)C)CO2)O[C@H]1C=O. The van der Waals surface area contributed by atoms with Crippen LogP contribution in [0, 0.1) is 11.8 Å². The van der Waals surface area contributed by atoms with E-state index in [-0.39, 0.29) is 30.8 Å². The summed E-state index contributed by atoms with van der Waals surface area (Å²) in [4.78, 5) is 11.8. The van der Waals surface area contributed by atoms with Gasteiger partial charge in [-0.1, -0.05) is 55.4 Å². The van der Waals surface area contributed by atoms with Crippen LogP contribution in [0.4, 0.5) is 0 Å². The van der Waals surface area contributed by atoms with Crippen molar-refractivity contribution < 1.29 is 28.2 Å². The van der Waals surface area contributed by atoms with Crippen molar-refractivity contribution in [3.63, 3.8) is 0 Å². The summed E-state index contributed by atoms with van der Waals surface area (Å²) in [5.41, 5.74) is 1.53. The predicted molar refractivity (Wildman–Crippen MR) is 115 cm³/mol. The summed E-state index contributed by atoms with van der Waals surface area (Å²) in [5, 5.41) is 0. The molecule has 6 atom stereocenters. The van der Waals surface area contributed by atoms with Crippen molar-refractivity contribution in [1.29, 1.82) is 0 Å². The summed E-state index contributed by atoms with van der Waals surface area (Å²) >= 11 is 0. The molecule has 170 valence electrons. The van der Waals surface area contributed by atoms with Crippen molar-refractivity contribution in [2.24, 2.45) is 11.8 Å². The fourth-order valence-electron chi connectivity index (χ4n) is 5.73. The second kappa shape index (κ2) is 9.87. The van der Waals surface area contributed by atoms with Crippen LogP contribution in [0.2, 0.25) is 16.6 Å². The monoisotopic (exact) mass is 430 g/mol. The Bertz CT molecular complexity index is 518. The van der Waals surface area contributed by atoms with E-state index in [1.54, 1.807) is 7.11 Å². The van der Waals surface area contributed by atoms with Gasteiger partial charge in [0.2, 0.25) is 8.32 Å². The number of hydrogen-bond donors (Lipinski definition) is 0. The Labute approximate surface area is 178 Å². The van der Waals surface area contributed by atoms with Crippen molar-refractivity contribution >= 4 is 14.6 Å².